The molecule has 5 heteroatoms. The molecule has 0 saturated heterocycles. The molecule has 3 rings (SSSR count). The number of furan rings is 1. The molecule has 2 N–H and O–H groups in total. The van der Waals surface area contributed by atoms with Gasteiger partial charge in [0.2, 0.25) is 5.88 Å². The van der Waals surface area contributed by atoms with Crippen molar-refractivity contribution >= 4 is 5.88 Å². The molecule has 0 aliphatic carbocycles. The highest BCUT2D eigenvalue weighted by molar-refractivity contribution is 5.85. The summed E-state index contributed by atoms with van der Waals surface area (Å²) in [4.78, 5) is 4.30. The van der Waals surface area contributed by atoms with E-state index < -0.39 is 0 Å². The minimum atomic E-state index is 0.261. The van der Waals surface area contributed by atoms with Crippen LogP contribution in [0.5, 0.6) is 0 Å². The highest BCUT2D eigenvalue weighted by atomic mass is 16.5. The Labute approximate surface area is 110 Å². The van der Waals surface area contributed by atoms with Gasteiger partial charge in [-0.05, 0) is 18.2 Å². The van der Waals surface area contributed by atoms with E-state index >= 15 is 0 Å². The molecule has 0 unspecified atom stereocenters. The third kappa shape index (κ3) is 1.89. The van der Waals surface area contributed by atoms with Crippen molar-refractivity contribution in [2.45, 2.75) is 13.3 Å². The predicted octanol–water partition coefficient (Wildman–Crippen LogP) is 3.14. The smallest absolute Gasteiger partial charge is 0.232 e. The lowest BCUT2D eigenvalue weighted by Gasteiger charge is -2.01. The lowest BCUT2D eigenvalue weighted by atomic mass is 10.0. The van der Waals surface area contributed by atoms with Crippen LogP contribution >= 0.6 is 0 Å². The van der Waals surface area contributed by atoms with Crippen molar-refractivity contribution in [3.05, 3.63) is 42.5 Å². The maximum absolute atomic E-state index is 5.87. The van der Waals surface area contributed by atoms with Crippen LogP contribution in [0, 0.1) is 0 Å². The molecule has 5 nitrogen and oxygen atoms in total. The fourth-order valence-corrected chi connectivity index (χ4v) is 2.07. The molecule has 3 heterocycles. The number of nitrogens with zero attached hydrogens (tertiary/aromatic N) is 2. The van der Waals surface area contributed by atoms with Crippen molar-refractivity contribution in [3.63, 3.8) is 0 Å². The van der Waals surface area contributed by atoms with Crippen molar-refractivity contribution < 1.29 is 8.94 Å². The summed E-state index contributed by atoms with van der Waals surface area (Å²) in [6.07, 6.45) is 4.12. The van der Waals surface area contributed by atoms with Gasteiger partial charge < -0.3 is 14.7 Å². The lowest BCUT2D eigenvalue weighted by molar-refractivity contribution is 0.439. The van der Waals surface area contributed by atoms with Crippen LogP contribution in [-0.2, 0) is 6.42 Å². The molecule has 0 aliphatic rings. The summed E-state index contributed by atoms with van der Waals surface area (Å²) in [5, 5.41) is 4.04. The van der Waals surface area contributed by atoms with Crippen molar-refractivity contribution in [2.24, 2.45) is 0 Å². The largest absolute Gasteiger partial charge is 0.469 e. The Hall–Kier alpha value is -2.56. The first-order valence-corrected chi connectivity index (χ1v) is 6.04. The Kier molecular flexibility index (Phi) is 2.79. The second-order valence-corrected chi connectivity index (χ2v) is 4.10. The van der Waals surface area contributed by atoms with Gasteiger partial charge in [-0.1, -0.05) is 18.1 Å². The number of nitrogen functional groups attached to an aromatic ring is 1. The number of hydrogen-bond donors (Lipinski definition) is 1. The minimum absolute atomic E-state index is 0.261. The number of aromatic nitrogens is 2. The van der Waals surface area contributed by atoms with Gasteiger partial charge in [-0.15, -0.1) is 0 Å². The summed E-state index contributed by atoms with van der Waals surface area (Å²) in [5.41, 5.74) is 8.87. The van der Waals surface area contributed by atoms with Crippen molar-refractivity contribution in [3.8, 4) is 22.5 Å². The molecule has 0 radical (unpaired) electrons. The van der Waals surface area contributed by atoms with E-state index in [0.717, 1.165) is 23.4 Å². The van der Waals surface area contributed by atoms with E-state index in [9.17, 15) is 0 Å². The molecular weight excluding hydrogens is 242 g/mol. The maximum atomic E-state index is 5.87. The summed E-state index contributed by atoms with van der Waals surface area (Å²) in [5.74, 6) is 1.11. The van der Waals surface area contributed by atoms with E-state index in [1.807, 2.05) is 31.2 Å². The first kappa shape index (κ1) is 11.5. The molecule has 3 aromatic heterocycles. The van der Waals surface area contributed by atoms with Crippen LogP contribution in [0.15, 0.2) is 45.7 Å². The van der Waals surface area contributed by atoms with E-state index in [2.05, 4.69) is 10.1 Å². The molecule has 3 aromatic rings. The fourth-order valence-electron chi connectivity index (χ4n) is 2.07. The summed E-state index contributed by atoms with van der Waals surface area (Å²) < 4.78 is 10.5. The van der Waals surface area contributed by atoms with Crippen LogP contribution in [0.2, 0.25) is 0 Å². The monoisotopic (exact) mass is 255 g/mol. The molecule has 0 amide bonds. The molecule has 0 atom stereocenters. The first-order chi connectivity index (χ1) is 9.31. The minimum Gasteiger partial charge on any atom is -0.469 e. The third-order valence-corrected chi connectivity index (χ3v) is 2.96. The highest BCUT2D eigenvalue weighted by Gasteiger charge is 2.21. The van der Waals surface area contributed by atoms with Crippen LogP contribution in [0.1, 0.15) is 12.7 Å². The van der Waals surface area contributed by atoms with Crippen molar-refractivity contribution in [1.29, 1.82) is 0 Å². The van der Waals surface area contributed by atoms with Gasteiger partial charge in [0.25, 0.3) is 0 Å². The van der Waals surface area contributed by atoms with Crippen molar-refractivity contribution in [1.82, 2.24) is 10.1 Å². The molecule has 0 fully saturated rings. The molecule has 0 aliphatic heterocycles. The number of pyridine rings is 1. The standard InChI is InChI=1S/C14H13N3O2/c1-2-11-9(6-8-18-11)13-12(14(15)19-17-13)10-5-3-4-7-16-10/h3-8H,2,15H2,1H3. The van der Waals surface area contributed by atoms with Gasteiger partial charge in [-0.3, -0.25) is 4.98 Å². The van der Waals surface area contributed by atoms with Gasteiger partial charge >= 0.3 is 0 Å². The average molecular weight is 255 g/mol. The normalized spacial score (nSPS) is 10.8. The van der Waals surface area contributed by atoms with Gasteiger partial charge in [0.05, 0.1) is 17.5 Å². The lowest BCUT2D eigenvalue weighted by Crippen LogP contribution is -1.90. The third-order valence-electron chi connectivity index (χ3n) is 2.96. The number of anilines is 1. The van der Waals surface area contributed by atoms with Gasteiger partial charge in [-0.25, -0.2) is 0 Å². The maximum Gasteiger partial charge on any atom is 0.232 e. The SMILES string of the molecule is CCc1occc1-c1noc(N)c1-c1ccccn1. The average Bonchev–Trinajstić information content (AvgIpc) is 3.05. The summed E-state index contributed by atoms with van der Waals surface area (Å²) in [7, 11) is 0. The van der Waals surface area contributed by atoms with Crippen LogP contribution in [0.4, 0.5) is 5.88 Å². The second-order valence-electron chi connectivity index (χ2n) is 4.10. The Morgan fingerprint density at radius 1 is 1.26 bits per heavy atom. The molecule has 96 valence electrons. The second kappa shape index (κ2) is 4.61. The molecule has 0 aromatic carbocycles. The zero-order chi connectivity index (χ0) is 13.2. The van der Waals surface area contributed by atoms with Gasteiger partial charge in [0.1, 0.15) is 11.5 Å². The highest BCUT2D eigenvalue weighted by Crippen LogP contribution is 2.36. The molecule has 0 spiro atoms. The topological polar surface area (TPSA) is 78.1 Å². The van der Waals surface area contributed by atoms with E-state index in [4.69, 9.17) is 14.7 Å². The molecule has 0 bridgehead atoms. The van der Waals surface area contributed by atoms with E-state index in [0.29, 0.717) is 11.3 Å². The van der Waals surface area contributed by atoms with Gasteiger partial charge in [0, 0.05) is 18.2 Å². The Bertz CT molecular complexity index is 686. The zero-order valence-electron chi connectivity index (χ0n) is 10.5. The van der Waals surface area contributed by atoms with E-state index in [-0.39, 0.29) is 5.88 Å². The predicted molar refractivity (Wildman–Crippen MR) is 71.2 cm³/mol. The summed E-state index contributed by atoms with van der Waals surface area (Å²) >= 11 is 0. The summed E-state index contributed by atoms with van der Waals surface area (Å²) in [6, 6.07) is 7.48. The quantitative estimate of drug-likeness (QED) is 0.777. The molecule has 19 heavy (non-hydrogen) atoms. The van der Waals surface area contributed by atoms with Gasteiger partial charge in [-0.2, -0.15) is 0 Å². The number of aryl methyl sites for hydroxylation is 1. The van der Waals surface area contributed by atoms with Crippen LogP contribution in [0.25, 0.3) is 22.5 Å². The number of rotatable bonds is 3. The fraction of sp³-hybridized carbons (Fsp3) is 0.143. The number of hydrogen-bond acceptors (Lipinski definition) is 5. The molecule has 0 saturated carbocycles. The number of nitrogens with two attached hydrogens (primary N) is 1. The van der Waals surface area contributed by atoms with Crippen LogP contribution < -0.4 is 5.73 Å². The zero-order valence-corrected chi connectivity index (χ0v) is 10.5. The van der Waals surface area contributed by atoms with Crippen molar-refractivity contribution in [2.75, 3.05) is 5.73 Å². The Morgan fingerprint density at radius 2 is 2.16 bits per heavy atom. The summed E-state index contributed by atoms with van der Waals surface area (Å²) in [6.45, 7) is 2.02. The van der Waals surface area contributed by atoms with Crippen LogP contribution in [-0.4, -0.2) is 10.1 Å². The van der Waals surface area contributed by atoms with E-state index in [1.165, 1.54) is 0 Å². The first-order valence-electron chi connectivity index (χ1n) is 6.04. The Morgan fingerprint density at radius 3 is 2.89 bits per heavy atom. The van der Waals surface area contributed by atoms with E-state index in [1.54, 1.807) is 12.5 Å². The Balaban J connectivity index is 2.20. The molecular formula is C14H13N3O2. The van der Waals surface area contributed by atoms with Crippen LogP contribution in [0.3, 0.4) is 0 Å². The van der Waals surface area contributed by atoms with Gasteiger partial charge in [0.15, 0.2) is 0 Å².